The first-order valence-electron chi connectivity index (χ1n) is 8.17. The van der Waals surface area contributed by atoms with Gasteiger partial charge in [0.25, 0.3) is 0 Å². The molecular weight excluding hydrogens is 394 g/mol. The van der Waals surface area contributed by atoms with Gasteiger partial charge in [0, 0.05) is 24.0 Å². The van der Waals surface area contributed by atoms with Gasteiger partial charge in [0.1, 0.15) is 0 Å². The van der Waals surface area contributed by atoms with Crippen LogP contribution in [0.4, 0.5) is 0 Å². The van der Waals surface area contributed by atoms with Crippen LogP contribution in [0.5, 0.6) is 0 Å². The molecule has 0 aliphatic carbocycles. The summed E-state index contributed by atoms with van der Waals surface area (Å²) < 4.78 is 32.4. The molecule has 1 aromatic carbocycles. The second-order valence-electron chi connectivity index (χ2n) is 6.07. The molecule has 0 amide bonds. The Balaban J connectivity index is 1.45. The minimum Gasteiger partial charge on any atom is -0.339 e. The monoisotopic (exact) mass is 409 g/mol. The molecule has 0 bridgehead atoms. The second-order valence-corrected chi connectivity index (χ2v) is 9.39. The number of aromatic nitrogens is 2. The van der Waals surface area contributed by atoms with Gasteiger partial charge in [-0.1, -0.05) is 22.8 Å². The molecular formula is C17H16ClN3O3S2. The van der Waals surface area contributed by atoms with Crippen LogP contribution in [0.15, 0.2) is 51.2 Å². The Morgan fingerprint density at radius 1 is 1.15 bits per heavy atom. The lowest BCUT2D eigenvalue weighted by atomic mass is 9.98. The highest BCUT2D eigenvalue weighted by molar-refractivity contribution is 7.89. The van der Waals surface area contributed by atoms with E-state index in [9.17, 15) is 8.42 Å². The molecule has 0 spiro atoms. The van der Waals surface area contributed by atoms with Gasteiger partial charge in [0.2, 0.25) is 21.7 Å². The number of thiophene rings is 1. The zero-order valence-corrected chi connectivity index (χ0v) is 16.1. The molecule has 1 aliphatic heterocycles. The number of hydrogen-bond acceptors (Lipinski definition) is 6. The molecule has 1 aliphatic rings. The van der Waals surface area contributed by atoms with Gasteiger partial charge in [0.05, 0.1) is 9.77 Å². The molecule has 1 saturated heterocycles. The predicted molar refractivity (Wildman–Crippen MR) is 99.8 cm³/mol. The minimum atomic E-state index is -3.50. The van der Waals surface area contributed by atoms with Crippen molar-refractivity contribution in [3.05, 3.63) is 52.7 Å². The van der Waals surface area contributed by atoms with E-state index in [1.165, 1.54) is 16.4 Å². The first kappa shape index (κ1) is 17.7. The van der Waals surface area contributed by atoms with E-state index in [0.717, 1.165) is 4.88 Å². The summed E-state index contributed by atoms with van der Waals surface area (Å²) in [6.45, 7) is 0.846. The van der Waals surface area contributed by atoms with E-state index in [0.29, 0.717) is 42.7 Å². The van der Waals surface area contributed by atoms with Crippen LogP contribution in [0.25, 0.3) is 10.7 Å². The van der Waals surface area contributed by atoms with Crippen LogP contribution in [-0.4, -0.2) is 36.0 Å². The Labute approximate surface area is 160 Å². The molecule has 2 aromatic heterocycles. The fraction of sp³-hybridized carbons (Fsp3) is 0.294. The molecule has 6 nitrogen and oxygen atoms in total. The van der Waals surface area contributed by atoms with Gasteiger partial charge in [-0.25, -0.2) is 8.42 Å². The summed E-state index contributed by atoms with van der Waals surface area (Å²) in [5, 5.41) is 6.52. The Kier molecular flexibility index (Phi) is 4.83. The van der Waals surface area contributed by atoms with Gasteiger partial charge in [-0.2, -0.15) is 9.29 Å². The number of piperidine rings is 1. The van der Waals surface area contributed by atoms with Crippen molar-refractivity contribution in [2.75, 3.05) is 13.1 Å². The molecule has 4 rings (SSSR count). The van der Waals surface area contributed by atoms with Gasteiger partial charge in [-0.05, 0) is 48.6 Å². The van der Waals surface area contributed by atoms with Crippen LogP contribution >= 0.6 is 22.9 Å². The maximum Gasteiger partial charge on any atom is 0.243 e. The lowest BCUT2D eigenvalue weighted by Gasteiger charge is -2.29. The number of rotatable bonds is 4. The van der Waals surface area contributed by atoms with E-state index in [1.807, 2.05) is 17.5 Å². The second kappa shape index (κ2) is 7.11. The fourth-order valence-corrected chi connectivity index (χ4v) is 5.25. The Morgan fingerprint density at radius 3 is 2.54 bits per heavy atom. The summed E-state index contributed by atoms with van der Waals surface area (Å²) in [4.78, 5) is 5.70. The van der Waals surface area contributed by atoms with Crippen LogP contribution < -0.4 is 0 Å². The highest BCUT2D eigenvalue weighted by Gasteiger charge is 2.32. The first-order chi connectivity index (χ1) is 12.5. The predicted octanol–water partition coefficient (Wildman–Crippen LogP) is 4.02. The van der Waals surface area contributed by atoms with Crippen molar-refractivity contribution >= 4 is 33.0 Å². The first-order valence-corrected chi connectivity index (χ1v) is 10.9. The van der Waals surface area contributed by atoms with E-state index in [1.54, 1.807) is 23.5 Å². The molecule has 0 radical (unpaired) electrons. The average molecular weight is 410 g/mol. The lowest BCUT2D eigenvalue weighted by Crippen LogP contribution is -2.37. The van der Waals surface area contributed by atoms with Crippen LogP contribution in [0.1, 0.15) is 24.7 Å². The van der Waals surface area contributed by atoms with Crippen molar-refractivity contribution < 1.29 is 12.9 Å². The van der Waals surface area contributed by atoms with Crippen LogP contribution in [0.3, 0.4) is 0 Å². The highest BCUT2D eigenvalue weighted by Crippen LogP contribution is 2.31. The zero-order valence-electron chi connectivity index (χ0n) is 13.7. The lowest BCUT2D eigenvalue weighted by molar-refractivity contribution is 0.271. The van der Waals surface area contributed by atoms with Gasteiger partial charge in [0.15, 0.2) is 0 Å². The van der Waals surface area contributed by atoms with Crippen LogP contribution in [-0.2, 0) is 10.0 Å². The van der Waals surface area contributed by atoms with Gasteiger partial charge in [-0.15, -0.1) is 11.3 Å². The summed E-state index contributed by atoms with van der Waals surface area (Å²) >= 11 is 7.40. The largest absolute Gasteiger partial charge is 0.339 e. The quantitative estimate of drug-likeness (QED) is 0.650. The molecule has 136 valence electrons. The van der Waals surface area contributed by atoms with Gasteiger partial charge in [-0.3, -0.25) is 0 Å². The molecule has 0 atom stereocenters. The van der Waals surface area contributed by atoms with Crippen molar-refractivity contribution in [1.82, 2.24) is 14.4 Å². The molecule has 0 unspecified atom stereocenters. The molecule has 3 heterocycles. The molecule has 0 saturated carbocycles. The third kappa shape index (κ3) is 3.42. The molecule has 0 N–H and O–H groups in total. The molecule has 3 aromatic rings. The summed E-state index contributed by atoms with van der Waals surface area (Å²) in [5.74, 6) is 1.25. The number of hydrogen-bond donors (Lipinski definition) is 0. The standard InChI is InChI=1S/C17H16ClN3O3S2/c18-13-3-5-14(6-4-13)26(22,23)21-9-7-12(8-10-21)17-19-16(20-24-17)15-2-1-11-25-15/h1-6,11-12H,7-10H2. The fourth-order valence-electron chi connectivity index (χ4n) is 3.01. The van der Waals surface area contributed by atoms with E-state index < -0.39 is 10.0 Å². The SMILES string of the molecule is O=S(=O)(c1ccc(Cl)cc1)N1CCC(c2nc(-c3cccs3)no2)CC1. The normalized spacial score (nSPS) is 16.8. The molecule has 26 heavy (non-hydrogen) atoms. The van der Waals surface area contributed by atoms with Gasteiger partial charge >= 0.3 is 0 Å². The number of nitrogens with zero attached hydrogens (tertiary/aromatic N) is 3. The summed E-state index contributed by atoms with van der Waals surface area (Å²) in [6.07, 6.45) is 1.30. The Morgan fingerprint density at radius 2 is 1.88 bits per heavy atom. The Bertz CT molecular complexity index is 977. The summed E-state index contributed by atoms with van der Waals surface area (Å²) in [5.41, 5.74) is 0. The van der Waals surface area contributed by atoms with E-state index >= 15 is 0 Å². The zero-order chi connectivity index (χ0) is 18.1. The van der Waals surface area contributed by atoms with E-state index in [-0.39, 0.29) is 10.8 Å². The third-order valence-corrected chi connectivity index (χ3v) is 7.47. The van der Waals surface area contributed by atoms with Crippen LogP contribution in [0.2, 0.25) is 5.02 Å². The third-order valence-electron chi connectivity index (χ3n) is 4.44. The summed E-state index contributed by atoms with van der Waals surface area (Å²) in [6, 6.07) is 10.1. The topological polar surface area (TPSA) is 76.3 Å². The maximum absolute atomic E-state index is 12.7. The average Bonchev–Trinajstić information content (AvgIpc) is 3.34. The van der Waals surface area contributed by atoms with Crippen molar-refractivity contribution in [3.8, 4) is 10.7 Å². The van der Waals surface area contributed by atoms with Crippen molar-refractivity contribution in [2.24, 2.45) is 0 Å². The van der Waals surface area contributed by atoms with Crippen molar-refractivity contribution in [3.63, 3.8) is 0 Å². The molecule has 9 heteroatoms. The van der Waals surface area contributed by atoms with Gasteiger partial charge < -0.3 is 4.52 Å². The van der Waals surface area contributed by atoms with Crippen LogP contribution in [0, 0.1) is 0 Å². The van der Waals surface area contributed by atoms with Crippen molar-refractivity contribution in [2.45, 2.75) is 23.7 Å². The number of benzene rings is 1. The Hall–Kier alpha value is -1.74. The summed E-state index contributed by atoms with van der Waals surface area (Å²) in [7, 11) is -3.50. The minimum absolute atomic E-state index is 0.0767. The van der Waals surface area contributed by atoms with Crippen molar-refractivity contribution in [1.29, 1.82) is 0 Å². The maximum atomic E-state index is 12.7. The van der Waals surface area contributed by atoms with E-state index in [4.69, 9.17) is 16.1 Å². The molecule has 1 fully saturated rings. The smallest absolute Gasteiger partial charge is 0.243 e. The highest BCUT2D eigenvalue weighted by atomic mass is 35.5. The number of sulfonamides is 1. The van der Waals surface area contributed by atoms with E-state index in [2.05, 4.69) is 10.1 Å². The number of halogens is 1.